The molecule has 0 N–H and O–H groups in total. The molecule has 9 nitrogen and oxygen atoms in total. The van der Waals surface area contributed by atoms with Crippen LogP contribution >= 0.6 is 0 Å². The summed E-state index contributed by atoms with van der Waals surface area (Å²) in [5.74, 6) is -0.650. The monoisotopic (exact) mass is 466 g/mol. The lowest BCUT2D eigenvalue weighted by Crippen LogP contribution is -2.54. The lowest BCUT2D eigenvalue weighted by atomic mass is 10.0. The van der Waals surface area contributed by atoms with Gasteiger partial charge in [0.05, 0.1) is 24.0 Å². The molecule has 0 saturated carbocycles. The third-order valence-corrected chi connectivity index (χ3v) is 7.81. The fourth-order valence-electron chi connectivity index (χ4n) is 4.03. The van der Waals surface area contributed by atoms with Gasteiger partial charge in [0.1, 0.15) is 11.2 Å². The summed E-state index contributed by atoms with van der Waals surface area (Å²) in [7, 11) is -4.25. The maximum atomic E-state index is 13.8. The quantitative estimate of drug-likeness (QED) is 0.659. The van der Waals surface area contributed by atoms with Crippen molar-refractivity contribution in [2.45, 2.75) is 68.4 Å². The highest BCUT2D eigenvalue weighted by molar-refractivity contribution is 7.93. The SMILES string of the molecule is CC(C)(C)OC(=O)N1CC2N(C(=O)OC(C)(C)C)CC(=O)C2(S(=O)(=O)c2ccccc2)C1. The van der Waals surface area contributed by atoms with Crippen LogP contribution in [-0.4, -0.2) is 77.8 Å². The number of sulfone groups is 1. The maximum absolute atomic E-state index is 13.8. The van der Waals surface area contributed by atoms with Crippen molar-refractivity contribution in [3.8, 4) is 0 Å². The highest BCUT2D eigenvalue weighted by Gasteiger charge is 2.69. The van der Waals surface area contributed by atoms with Crippen molar-refractivity contribution in [1.29, 1.82) is 0 Å². The van der Waals surface area contributed by atoms with E-state index in [-0.39, 0.29) is 11.4 Å². The Labute approximate surface area is 188 Å². The van der Waals surface area contributed by atoms with Crippen molar-refractivity contribution >= 4 is 27.8 Å². The number of amides is 2. The third kappa shape index (κ3) is 4.20. The molecule has 2 atom stereocenters. The van der Waals surface area contributed by atoms with Gasteiger partial charge in [0.15, 0.2) is 20.4 Å². The second kappa shape index (κ2) is 7.75. The van der Waals surface area contributed by atoms with E-state index in [4.69, 9.17) is 9.47 Å². The zero-order valence-corrected chi connectivity index (χ0v) is 20.1. The van der Waals surface area contributed by atoms with Crippen LogP contribution in [0.2, 0.25) is 0 Å². The van der Waals surface area contributed by atoms with Gasteiger partial charge in [0.2, 0.25) is 0 Å². The first kappa shape index (κ1) is 24.0. The molecule has 1 aromatic carbocycles. The first-order valence-corrected chi connectivity index (χ1v) is 11.9. The fraction of sp³-hybridized carbons (Fsp3) is 0.591. The van der Waals surface area contributed by atoms with Crippen LogP contribution in [0.3, 0.4) is 0 Å². The van der Waals surface area contributed by atoms with Crippen molar-refractivity contribution in [2.24, 2.45) is 0 Å². The molecule has 10 heteroatoms. The molecule has 2 aliphatic heterocycles. The van der Waals surface area contributed by atoms with E-state index in [2.05, 4.69) is 0 Å². The molecular formula is C22H30N2O7S. The number of ether oxygens (including phenoxy) is 2. The zero-order chi connectivity index (χ0) is 24.1. The van der Waals surface area contributed by atoms with Crippen molar-refractivity contribution < 1.29 is 32.3 Å². The highest BCUT2D eigenvalue weighted by atomic mass is 32.2. The lowest BCUT2D eigenvalue weighted by Gasteiger charge is -2.30. The standard InChI is InChI=1S/C22H30N2O7S/c1-20(2,3)30-18(26)23-12-16-22(14-23,32(28,29)15-10-8-7-9-11-15)17(25)13-24(16)19(27)31-21(4,5)6/h7-11,16H,12-14H2,1-6H3. The molecule has 2 saturated heterocycles. The molecule has 0 bridgehead atoms. The molecular weight excluding hydrogens is 436 g/mol. The van der Waals surface area contributed by atoms with Crippen LogP contribution in [0.15, 0.2) is 35.2 Å². The van der Waals surface area contributed by atoms with Crippen LogP contribution in [0.5, 0.6) is 0 Å². The second-order valence-corrected chi connectivity index (χ2v) is 12.3. The number of ketones is 1. The summed E-state index contributed by atoms with van der Waals surface area (Å²) in [6, 6.07) is 6.50. The number of hydrogen-bond acceptors (Lipinski definition) is 7. The molecule has 0 aliphatic carbocycles. The molecule has 2 amide bonds. The number of nitrogens with zero attached hydrogens (tertiary/aromatic N) is 2. The average molecular weight is 467 g/mol. The average Bonchev–Trinajstić information content (AvgIpc) is 3.17. The predicted molar refractivity (Wildman–Crippen MR) is 116 cm³/mol. The number of rotatable bonds is 2. The smallest absolute Gasteiger partial charge is 0.411 e. The molecule has 176 valence electrons. The lowest BCUT2D eigenvalue weighted by molar-refractivity contribution is -0.119. The van der Waals surface area contributed by atoms with E-state index < -0.39 is 62.9 Å². The van der Waals surface area contributed by atoms with Crippen LogP contribution < -0.4 is 0 Å². The number of Topliss-reactive ketones (excluding diaryl/α,β-unsaturated/α-hetero) is 1. The van der Waals surface area contributed by atoms with Crippen LogP contribution in [0.1, 0.15) is 41.5 Å². The summed E-state index contributed by atoms with van der Waals surface area (Å²) >= 11 is 0. The molecule has 0 radical (unpaired) electrons. The Kier molecular flexibility index (Phi) is 5.82. The Balaban J connectivity index is 2.07. The Morgan fingerprint density at radius 2 is 1.50 bits per heavy atom. The molecule has 32 heavy (non-hydrogen) atoms. The van der Waals surface area contributed by atoms with Crippen molar-refractivity contribution in [3.05, 3.63) is 30.3 Å². The van der Waals surface area contributed by atoms with Gasteiger partial charge in [-0.3, -0.25) is 9.69 Å². The molecule has 2 fully saturated rings. The van der Waals surface area contributed by atoms with E-state index in [9.17, 15) is 22.8 Å². The number of hydrogen-bond donors (Lipinski definition) is 0. The van der Waals surface area contributed by atoms with E-state index in [0.717, 1.165) is 4.90 Å². The molecule has 0 aromatic heterocycles. The largest absolute Gasteiger partial charge is 0.444 e. The number of benzene rings is 1. The van der Waals surface area contributed by atoms with Gasteiger partial charge in [-0.05, 0) is 53.7 Å². The number of likely N-dealkylation sites (tertiary alicyclic amines) is 2. The van der Waals surface area contributed by atoms with Crippen molar-refractivity contribution in [3.63, 3.8) is 0 Å². The zero-order valence-electron chi connectivity index (χ0n) is 19.2. The van der Waals surface area contributed by atoms with Crippen LogP contribution in [0, 0.1) is 0 Å². The third-order valence-electron chi connectivity index (χ3n) is 5.33. The van der Waals surface area contributed by atoms with Gasteiger partial charge < -0.3 is 14.4 Å². The van der Waals surface area contributed by atoms with Gasteiger partial charge in [-0.15, -0.1) is 0 Å². The summed E-state index contributed by atoms with van der Waals surface area (Å²) in [4.78, 5) is 41.2. The van der Waals surface area contributed by atoms with Crippen molar-refractivity contribution in [2.75, 3.05) is 19.6 Å². The van der Waals surface area contributed by atoms with E-state index >= 15 is 0 Å². The first-order chi connectivity index (χ1) is 14.6. The Morgan fingerprint density at radius 1 is 0.969 bits per heavy atom. The molecule has 2 aliphatic rings. The summed E-state index contributed by atoms with van der Waals surface area (Å²) in [6.45, 7) is 9.14. The van der Waals surface area contributed by atoms with Gasteiger partial charge in [0, 0.05) is 6.54 Å². The van der Waals surface area contributed by atoms with Gasteiger partial charge in [-0.25, -0.2) is 18.0 Å². The summed E-state index contributed by atoms with van der Waals surface area (Å²) in [5, 5.41) is 0. The molecule has 1 aromatic rings. The molecule has 2 unspecified atom stereocenters. The minimum absolute atomic E-state index is 0.0459. The van der Waals surface area contributed by atoms with Gasteiger partial charge in [0.25, 0.3) is 0 Å². The minimum atomic E-state index is -4.25. The normalized spacial score (nSPS) is 23.8. The topological polar surface area (TPSA) is 110 Å². The van der Waals surface area contributed by atoms with Crippen LogP contribution in [0.25, 0.3) is 0 Å². The number of carbonyl (C=O) groups excluding carboxylic acids is 3. The van der Waals surface area contributed by atoms with Crippen molar-refractivity contribution in [1.82, 2.24) is 9.80 Å². The molecule has 0 spiro atoms. The van der Waals surface area contributed by atoms with E-state index in [1.807, 2.05) is 0 Å². The Bertz CT molecular complexity index is 1020. The minimum Gasteiger partial charge on any atom is -0.444 e. The fourth-order valence-corrected chi connectivity index (χ4v) is 6.22. The Hall–Kier alpha value is -2.62. The number of carbonyl (C=O) groups is 3. The summed E-state index contributed by atoms with van der Waals surface area (Å²) in [5.41, 5.74) is -1.65. The first-order valence-electron chi connectivity index (χ1n) is 10.4. The number of fused-ring (bicyclic) bond motifs is 1. The van der Waals surface area contributed by atoms with Gasteiger partial charge in [-0.2, -0.15) is 0 Å². The van der Waals surface area contributed by atoms with E-state index in [1.54, 1.807) is 59.7 Å². The van der Waals surface area contributed by atoms with Gasteiger partial charge in [-0.1, -0.05) is 18.2 Å². The summed E-state index contributed by atoms with van der Waals surface area (Å²) in [6.07, 6.45) is -1.54. The summed E-state index contributed by atoms with van der Waals surface area (Å²) < 4.78 is 36.4. The van der Waals surface area contributed by atoms with Gasteiger partial charge >= 0.3 is 12.2 Å². The van der Waals surface area contributed by atoms with E-state index in [0.29, 0.717) is 0 Å². The molecule has 3 rings (SSSR count). The highest BCUT2D eigenvalue weighted by Crippen LogP contribution is 2.43. The molecule has 2 heterocycles. The van der Waals surface area contributed by atoms with Crippen LogP contribution in [0.4, 0.5) is 9.59 Å². The maximum Gasteiger partial charge on any atom is 0.411 e. The van der Waals surface area contributed by atoms with Crippen LogP contribution in [-0.2, 0) is 24.1 Å². The predicted octanol–water partition coefficient (Wildman–Crippen LogP) is 2.64. The second-order valence-electron chi connectivity index (χ2n) is 10.1. The van der Waals surface area contributed by atoms with E-state index in [1.165, 1.54) is 17.0 Å². The Morgan fingerprint density at radius 3 is 2.03 bits per heavy atom.